The molecule has 1 aliphatic heterocycles. The summed E-state index contributed by atoms with van der Waals surface area (Å²) in [6.07, 6.45) is 3.09. The molecule has 0 aliphatic carbocycles. The third kappa shape index (κ3) is 3.10. The molecule has 1 aromatic carbocycles. The maximum atomic E-state index is 11.6. The standard InChI is InChI=1S/C15H14O4/c1-10(16)14-13(17)9-12(19-15(14)18)8-7-11-5-3-2-4-6-11/h2-8,12,17H,9H2,1H3/b8-7+. The minimum absolute atomic E-state index is 0.129. The van der Waals surface area contributed by atoms with Crippen LogP contribution in [0.5, 0.6) is 0 Å². The van der Waals surface area contributed by atoms with Crippen LogP contribution in [-0.2, 0) is 14.3 Å². The Morgan fingerprint density at radius 3 is 2.63 bits per heavy atom. The molecule has 1 unspecified atom stereocenters. The Hall–Kier alpha value is -2.36. The fourth-order valence-corrected chi connectivity index (χ4v) is 1.89. The maximum absolute atomic E-state index is 11.6. The molecule has 1 heterocycles. The van der Waals surface area contributed by atoms with Gasteiger partial charge in [-0.15, -0.1) is 0 Å². The molecule has 0 fully saturated rings. The van der Waals surface area contributed by atoms with Crippen molar-refractivity contribution in [2.75, 3.05) is 0 Å². The first-order valence-corrected chi connectivity index (χ1v) is 5.95. The van der Waals surface area contributed by atoms with Gasteiger partial charge in [0.25, 0.3) is 0 Å². The van der Waals surface area contributed by atoms with Gasteiger partial charge in [0.2, 0.25) is 0 Å². The second-order valence-corrected chi connectivity index (χ2v) is 4.30. The van der Waals surface area contributed by atoms with E-state index >= 15 is 0 Å². The van der Waals surface area contributed by atoms with E-state index in [9.17, 15) is 14.7 Å². The monoisotopic (exact) mass is 258 g/mol. The van der Waals surface area contributed by atoms with Crippen LogP contribution < -0.4 is 0 Å². The molecule has 1 aromatic rings. The molecule has 1 aliphatic rings. The summed E-state index contributed by atoms with van der Waals surface area (Å²) in [7, 11) is 0. The van der Waals surface area contributed by atoms with Gasteiger partial charge in [-0.05, 0) is 18.6 Å². The van der Waals surface area contributed by atoms with Crippen LogP contribution in [0.1, 0.15) is 18.9 Å². The molecule has 0 saturated carbocycles. The Bertz CT molecular complexity index is 555. The highest BCUT2D eigenvalue weighted by Crippen LogP contribution is 2.21. The van der Waals surface area contributed by atoms with E-state index in [0.29, 0.717) is 0 Å². The highest BCUT2D eigenvalue weighted by molar-refractivity contribution is 6.17. The average Bonchev–Trinajstić information content (AvgIpc) is 2.36. The van der Waals surface area contributed by atoms with E-state index in [1.54, 1.807) is 6.08 Å². The molecule has 1 atom stereocenters. The Kier molecular flexibility index (Phi) is 3.80. The van der Waals surface area contributed by atoms with Gasteiger partial charge < -0.3 is 9.84 Å². The number of ketones is 1. The van der Waals surface area contributed by atoms with Crippen LogP contribution in [0.25, 0.3) is 6.08 Å². The van der Waals surface area contributed by atoms with Gasteiger partial charge in [-0.3, -0.25) is 4.79 Å². The van der Waals surface area contributed by atoms with E-state index in [0.717, 1.165) is 5.56 Å². The normalized spacial score (nSPS) is 19.6. The lowest BCUT2D eigenvalue weighted by Crippen LogP contribution is -2.28. The second kappa shape index (κ2) is 5.52. The van der Waals surface area contributed by atoms with Crippen LogP contribution in [0.15, 0.2) is 47.7 Å². The van der Waals surface area contributed by atoms with Crippen molar-refractivity contribution >= 4 is 17.8 Å². The number of carbonyl (C=O) groups excluding carboxylic acids is 2. The number of ether oxygens (including phenoxy) is 1. The zero-order valence-corrected chi connectivity index (χ0v) is 10.5. The molecule has 0 saturated heterocycles. The molecule has 19 heavy (non-hydrogen) atoms. The van der Waals surface area contributed by atoms with E-state index in [1.807, 2.05) is 36.4 Å². The van der Waals surface area contributed by atoms with E-state index in [-0.39, 0.29) is 17.8 Å². The number of hydrogen-bond acceptors (Lipinski definition) is 4. The fraction of sp³-hybridized carbons (Fsp3) is 0.200. The second-order valence-electron chi connectivity index (χ2n) is 4.30. The summed E-state index contributed by atoms with van der Waals surface area (Å²) in [4.78, 5) is 22.7. The highest BCUT2D eigenvalue weighted by atomic mass is 16.5. The molecular weight excluding hydrogens is 244 g/mol. The summed E-state index contributed by atoms with van der Waals surface area (Å²) in [5.41, 5.74) is 0.726. The molecular formula is C15H14O4. The van der Waals surface area contributed by atoms with Crippen LogP contribution in [0, 0.1) is 0 Å². The van der Waals surface area contributed by atoms with Crippen molar-refractivity contribution in [1.29, 1.82) is 0 Å². The molecule has 1 N–H and O–H groups in total. The van der Waals surface area contributed by atoms with Gasteiger partial charge in [-0.25, -0.2) is 4.79 Å². The van der Waals surface area contributed by atoms with Crippen molar-refractivity contribution in [3.05, 3.63) is 53.3 Å². The van der Waals surface area contributed by atoms with E-state index in [1.165, 1.54) is 6.92 Å². The number of hydrogen-bond donors (Lipinski definition) is 1. The quantitative estimate of drug-likeness (QED) is 0.668. The Morgan fingerprint density at radius 2 is 2.05 bits per heavy atom. The summed E-state index contributed by atoms with van der Waals surface area (Å²) in [6.45, 7) is 1.23. The minimum Gasteiger partial charge on any atom is -0.511 e. The van der Waals surface area contributed by atoms with E-state index < -0.39 is 17.9 Å². The molecule has 0 spiro atoms. The summed E-state index contributed by atoms with van der Waals surface area (Å²) in [6, 6.07) is 9.54. The maximum Gasteiger partial charge on any atom is 0.345 e. The third-order valence-electron chi connectivity index (χ3n) is 2.80. The number of rotatable bonds is 3. The smallest absolute Gasteiger partial charge is 0.345 e. The van der Waals surface area contributed by atoms with E-state index in [2.05, 4.69) is 0 Å². The summed E-state index contributed by atoms with van der Waals surface area (Å²) >= 11 is 0. The number of esters is 1. The molecule has 4 nitrogen and oxygen atoms in total. The summed E-state index contributed by atoms with van der Waals surface area (Å²) in [5, 5.41) is 9.70. The van der Waals surface area contributed by atoms with Crippen LogP contribution in [0.3, 0.4) is 0 Å². The predicted molar refractivity (Wildman–Crippen MR) is 70.3 cm³/mol. The van der Waals surface area contributed by atoms with Gasteiger partial charge >= 0.3 is 5.97 Å². The number of benzene rings is 1. The van der Waals surface area contributed by atoms with Crippen molar-refractivity contribution in [2.45, 2.75) is 19.4 Å². The number of Topliss-reactive ketones (excluding diaryl/α,β-unsaturated/α-hetero) is 1. The van der Waals surface area contributed by atoms with Gasteiger partial charge in [0.05, 0.1) is 0 Å². The third-order valence-corrected chi connectivity index (χ3v) is 2.80. The molecule has 0 aromatic heterocycles. The number of cyclic esters (lactones) is 1. The Labute approximate surface area is 111 Å². The van der Waals surface area contributed by atoms with Gasteiger partial charge in [-0.1, -0.05) is 36.4 Å². The molecule has 0 bridgehead atoms. The summed E-state index contributed by atoms with van der Waals surface area (Å²) in [5.74, 6) is -1.45. The van der Waals surface area contributed by atoms with Gasteiger partial charge in [0.15, 0.2) is 5.78 Å². The summed E-state index contributed by atoms with van der Waals surface area (Å²) < 4.78 is 5.09. The molecule has 0 amide bonds. The lowest BCUT2D eigenvalue weighted by atomic mass is 10.0. The Balaban J connectivity index is 2.12. The SMILES string of the molecule is CC(=O)C1=C(O)CC(/C=C/c2ccccc2)OC1=O. The molecule has 2 rings (SSSR count). The lowest BCUT2D eigenvalue weighted by molar-refractivity contribution is -0.145. The minimum atomic E-state index is -0.765. The lowest BCUT2D eigenvalue weighted by Gasteiger charge is -2.20. The number of carbonyl (C=O) groups is 2. The van der Waals surface area contributed by atoms with Crippen LogP contribution in [0.2, 0.25) is 0 Å². The fourth-order valence-electron chi connectivity index (χ4n) is 1.89. The Morgan fingerprint density at radius 1 is 1.37 bits per heavy atom. The van der Waals surface area contributed by atoms with E-state index in [4.69, 9.17) is 4.74 Å². The van der Waals surface area contributed by atoms with Crippen molar-refractivity contribution in [3.8, 4) is 0 Å². The first-order chi connectivity index (χ1) is 9.08. The van der Waals surface area contributed by atoms with Gasteiger partial charge in [-0.2, -0.15) is 0 Å². The van der Waals surface area contributed by atoms with Crippen molar-refractivity contribution in [2.24, 2.45) is 0 Å². The van der Waals surface area contributed by atoms with Crippen LogP contribution >= 0.6 is 0 Å². The molecule has 98 valence electrons. The number of aliphatic hydroxyl groups excluding tert-OH is 1. The predicted octanol–water partition coefficient (Wildman–Crippen LogP) is 2.42. The first-order valence-electron chi connectivity index (χ1n) is 5.95. The molecule has 4 heteroatoms. The van der Waals surface area contributed by atoms with Crippen LogP contribution in [-0.4, -0.2) is 23.0 Å². The van der Waals surface area contributed by atoms with Crippen molar-refractivity contribution in [1.82, 2.24) is 0 Å². The first kappa shape index (κ1) is 13.1. The largest absolute Gasteiger partial charge is 0.511 e. The number of aliphatic hydroxyl groups is 1. The van der Waals surface area contributed by atoms with Gasteiger partial charge in [0.1, 0.15) is 17.4 Å². The average molecular weight is 258 g/mol. The highest BCUT2D eigenvalue weighted by Gasteiger charge is 2.30. The van der Waals surface area contributed by atoms with Crippen molar-refractivity contribution in [3.63, 3.8) is 0 Å². The zero-order chi connectivity index (χ0) is 13.8. The van der Waals surface area contributed by atoms with Crippen LogP contribution in [0.4, 0.5) is 0 Å². The topological polar surface area (TPSA) is 63.6 Å². The zero-order valence-electron chi connectivity index (χ0n) is 10.5. The van der Waals surface area contributed by atoms with Crippen molar-refractivity contribution < 1.29 is 19.4 Å². The van der Waals surface area contributed by atoms with Gasteiger partial charge in [0, 0.05) is 6.42 Å². The molecule has 0 radical (unpaired) electrons.